The first-order chi connectivity index (χ1) is 7.29. The Morgan fingerprint density at radius 1 is 0.938 bits per heavy atom. The Balaban J connectivity index is 3.58. The molecule has 0 aliphatic heterocycles. The Bertz CT molecular complexity index is 423. The van der Waals surface area contributed by atoms with Gasteiger partial charge in [-0.25, -0.2) is 0 Å². The number of rotatable bonds is 2. The van der Waals surface area contributed by atoms with E-state index in [9.17, 15) is 4.79 Å². The van der Waals surface area contributed by atoms with Crippen molar-refractivity contribution in [2.45, 2.75) is 20.8 Å². The van der Waals surface area contributed by atoms with E-state index in [1.165, 1.54) is 0 Å². The van der Waals surface area contributed by atoms with Gasteiger partial charge in [0.2, 0.25) is 0 Å². The van der Waals surface area contributed by atoms with Crippen molar-refractivity contribution in [3.05, 3.63) is 11.1 Å². The summed E-state index contributed by atoms with van der Waals surface area (Å²) in [6.45, 7) is 5.31. The Morgan fingerprint density at radius 3 is 1.81 bits per heavy atom. The molecule has 5 nitrogen and oxygen atoms in total. The molecule has 0 heterocycles. The third-order valence-corrected chi connectivity index (χ3v) is 2.69. The van der Waals surface area contributed by atoms with Crippen LogP contribution >= 0.6 is 0 Å². The van der Waals surface area contributed by atoms with Crippen molar-refractivity contribution in [2.24, 2.45) is 5.92 Å². The molecule has 1 aromatic rings. The summed E-state index contributed by atoms with van der Waals surface area (Å²) in [5.41, 5.74) is 25.0. The number of hydrogen-bond acceptors (Lipinski definition) is 5. The average molecular weight is 222 g/mol. The minimum absolute atomic E-state index is 0.0756. The minimum Gasteiger partial charge on any atom is -0.397 e. The van der Waals surface area contributed by atoms with Crippen LogP contribution in [0.15, 0.2) is 0 Å². The lowest BCUT2D eigenvalue weighted by Gasteiger charge is -2.17. The number of Topliss-reactive ketones (excluding diaryl/α,β-unsaturated/α-hetero) is 1. The summed E-state index contributed by atoms with van der Waals surface area (Å²) in [6, 6.07) is 0. The molecule has 1 aromatic carbocycles. The number of nitrogens with two attached hydrogens (primary N) is 4. The number of benzene rings is 1. The summed E-state index contributed by atoms with van der Waals surface area (Å²) >= 11 is 0. The van der Waals surface area contributed by atoms with Crippen LogP contribution in [0.4, 0.5) is 22.7 Å². The molecule has 16 heavy (non-hydrogen) atoms. The van der Waals surface area contributed by atoms with Crippen LogP contribution in [0.5, 0.6) is 0 Å². The molecular weight excluding hydrogens is 204 g/mol. The van der Waals surface area contributed by atoms with Gasteiger partial charge in [0.1, 0.15) is 0 Å². The lowest BCUT2D eigenvalue weighted by molar-refractivity contribution is 0.0940. The molecule has 0 aliphatic carbocycles. The second-order valence-corrected chi connectivity index (χ2v) is 4.17. The van der Waals surface area contributed by atoms with Gasteiger partial charge in [0.25, 0.3) is 0 Å². The zero-order valence-corrected chi connectivity index (χ0v) is 9.79. The van der Waals surface area contributed by atoms with E-state index in [1.54, 1.807) is 20.8 Å². The van der Waals surface area contributed by atoms with Gasteiger partial charge in [-0.2, -0.15) is 0 Å². The molecule has 0 saturated carbocycles. The molecule has 0 atom stereocenters. The first kappa shape index (κ1) is 12.2. The van der Waals surface area contributed by atoms with Crippen molar-refractivity contribution in [2.75, 3.05) is 22.9 Å². The highest BCUT2D eigenvalue weighted by Crippen LogP contribution is 2.36. The molecule has 0 fully saturated rings. The van der Waals surface area contributed by atoms with Crippen LogP contribution in [0.3, 0.4) is 0 Å². The van der Waals surface area contributed by atoms with Crippen LogP contribution < -0.4 is 22.9 Å². The van der Waals surface area contributed by atoms with Gasteiger partial charge < -0.3 is 22.9 Å². The fraction of sp³-hybridized carbons (Fsp3) is 0.364. The fourth-order valence-corrected chi connectivity index (χ4v) is 1.57. The molecule has 8 N–H and O–H groups in total. The van der Waals surface area contributed by atoms with Crippen molar-refractivity contribution in [1.29, 1.82) is 0 Å². The number of hydrogen-bond donors (Lipinski definition) is 4. The van der Waals surface area contributed by atoms with Gasteiger partial charge in [-0.3, -0.25) is 4.79 Å². The number of carbonyl (C=O) groups is 1. The van der Waals surface area contributed by atoms with E-state index in [4.69, 9.17) is 22.9 Å². The Hall–Kier alpha value is -1.91. The first-order valence-corrected chi connectivity index (χ1v) is 5.05. The van der Waals surface area contributed by atoms with Gasteiger partial charge in [0.05, 0.1) is 22.7 Å². The summed E-state index contributed by atoms with van der Waals surface area (Å²) in [5.74, 6) is -0.239. The largest absolute Gasteiger partial charge is 0.397 e. The van der Waals surface area contributed by atoms with Gasteiger partial charge in [0.15, 0.2) is 5.78 Å². The highest BCUT2D eigenvalue weighted by Gasteiger charge is 2.22. The van der Waals surface area contributed by atoms with Crippen molar-refractivity contribution in [3.63, 3.8) is 0 Å². The van der Waals surface area contributed by atoms with Crippen LogP contribution in [0.1, 0.15) is 29.8 Å². The van der Waals surface area contributed by atoms with Gasteiger partial charge in [-0.05, 0) is 12.5 Å². The normalized spacial score (nSPS) is 10.8. The van der Waals surface area contributed by atoms with E-state index < -0.39 is 0 Å². The predicted molar refractivity (Wildman–Crippen MR) is 68.0 cm³/mol. The monoisotopic (exact) mass is 222 g/mol. The number of carbonyl (C=O) groups excluding carboxylic acids is 1. The first-order valence-electron chi connectivity index (χ1n) is 5.05. The number of nitrogen functional groups attached to an aromatic ring is 4. The highest BCUT2D eigenvalue weighted by atomic mass is 16.1. The van der Waals surface area contributed by atoms with Crippen LogP contribution in [-0.2, 0) is 0 Å². The number of anilines is 4. The predicted octanol–water partition coefficient (Wildman–Crippen LogP) is 1.16. The van der Waals surface area contributed by atoms with Gasteiger partial charge >= 0.3 is 0 Å². The Labute approximate surface area is 94.8 Å². The standard InChI is InChI=1S/C11H18N4O/c1-4(2)11(16)6-5(3)7(12)9(14)10(15)8(6)13/h4H,12-15H2,1-3H3. The van der Waals surface area contributed by atoms with E-state index in [0.29, 0.717) is 16.8 Å². The summed E-state index contributed by atoms with van der Waals surface area (Å²) in [6.07, 6.45) is 0. The molecule has 0 spiro atoms. The van der Waals surface area contributed by atoms with Gasteiger partial charge in [-0.15, -0.1) is 0 Å². The molecular formula is C11H18N4O. The van der Waals surface area contributed by atoms with Gasteiger partial charge in [0, 0.05) is 11.5 Å². The van der Waals surface area contributed by atoms with E-state index in [0.717, 1.165) is 0 Å². The highest BCUT2D eigenvalue weighted by molar-refractivity contribution is 6.09. The molecule has 5 heteroatoms. The zero-order valence-electron chi connectivity index (χ0n) is 9.79. The Morgan fingerprint density at radius 2 is 1.38 bits per heavy atom. The maximum Gasteiger partial charge on any atom is 0.167 e. The van der Waals surface area contributed by atoms with Crippen LogP contribution in [0.25, 0.3) is 0 Å². The molecule has 0 bridgehead atoms. The van der Waals surface area contributed by atoms with Crippen LogP contribution in [-0.4, -0.2) is 5.78 Å². The molecule has 0 saturated heterocycles. The second kappa shape index (κ2) is 3.92. The number of ketones is 1. The topological polar surface area (TPSA) is 121 Å². The summed E-state index contributed by atoms with van der Waals surface area (Å²) in [4.78, 5) is 12.0. The molecule has 1 rings (SSSR count). The maximum absolute atomic E-state index is 12.0. The molecule has 0 unspecified atom stereocenters. The van der Waals surface area contributed by atoms with E-state index in [-0.39, 0.29) is 28.8 Å². The molecule has 0 aromatic heterocycles. The molecule has 0 radical (unpaired) electrons. The maximum atomic E-state index is 12.0. The average Bonchev–Trinajstić information content (AvgIpc) is 2.23. The van der Waals surface area contributed by atoms with Crippen LogP contribution in [0, 0.1) is 12.8 Å². The summed E-state index contributed by atoms with van der Waals surface area (Å²) < 4.78 is 0. The summed E-state index contributed by atoms with van der Waals surface area (Å²) in [7, 11) is 0. The van der Waals surface area contributed by atoms with Gasteiger partial charge in [-0.1, -0.05) is 13.8 Å². The van der Waals surface area contributed by atoms with E-state index >= 15 is 0 Å². The molecule has 0 amide bonds. The molecule has 0 aliphatic rings. The lowest BCUT2D eigenvalue weighted by atomic mass is 9.93. The fourth-order valence-electron chi connectivity index (χ4n) is 1.57. The second-order valence-electron chi connectivity index (χ2n) is 4.17. The third kappa shape index (κ3) is 1.64. The summed E-state index contributed by atoms with van der Waals surface area (Å²) in [5, 5.41) is 0. The van der Waals surface area contributed by atoms with Crippen molar-refractivity contribution in [3.8, 4) is 0 Å². The van der Waals surface area contributed by atoms with Crippen molar-refractivity contribution in [1.82, 2.24) is 0 Å². The zero-order chi connectivity index (χ0) is 12.6. The third-order valence-electron chi connectivity index (χ3n) is 2.69. The van der Waals surface area contributed by atoms with E-state index in [2.05, 4.69) is 0 Å². The molecule has 88 valence electrons. The Kier molecular flexibility index (Phi) is 2.98. The quantitative estimate of drug-likeness (QED) is 0.442. The van der Waals surface area contributed by atoms with Crippen molar-refractivity contribution < 1.29 is 4.79 Å². The smallest absolute Gasteiger partial charge is 0.167 e. The van der Waals surface area contributed by atoms with Crippen molar-refractivity contribution >= 4 is 28.5 Å². The van der Waals surface area contributed by atoms with E-state index in [1.807, 2.05) is 0 Å². The minimum atomic E-state index is -0.163. The van der Waals surface area contributed by atoms with Crippen LogP contribution in [0.2, 0.25) is 0 Å². The lowest BCUT2D eigenvalue weighted by Crippen LogP contribution is -2.16. The SMILES string of the molecule is Cc1c(N)c(N)c(N)c(N)c1C(=O)C(C)C.